The van der Waals surface area contributed by atoms with Crippen molar-refractivity contribution in [2.45, 2.75) is 31.9 Å². The summed E-state index contributed by atoms with van der Waals surface area (Å²) < 4.78 is 5.49. The third-order valence-electron chi connectivity index (χ3n) is 5.77. The highest BCUT2D eigenvalue weighted by molar-refractivity contribution is 5.89. The van der Waals surface area contributed by atoms with Crippen LogP contribution in [0.1, 0.15) is 30.9 Å². The molecule has 35 heavy (non-hydrogen) atoms. The summed E-state index contributed by atoms with van der Waals surface area (Å²) in [6, 6.07) is 14.9. The second kappa shape index (κ2) is 11.5. The van der Waals surface area contributed by atoms with Crippen LogP contribution in [0.3, 0.4) is 0 Å². The number of alkyl carbamates (subject to hydrolysis) is 1. The molecule has 2 atom stereocenters. The maximum Gasteiger partial charge on any atom is 0.407 e. The summed E-state index contributed by atoms with van der Waals surface area (Å²) in [7, 11) is 0. The molecule has 1 aliphatic rings. The number of carbonyl (C=O) groups is 4. The Hall–Kier alpha value is -3.92. The number of hydrogen-bond acceptors (Lipinski definition) is 6. The number of hydrogen-bond donors (Lipinski definition) is 5. The first-order valence-electron chi connectivity index (χ1n) is 11.3. The average Bonchev–Trinajstić information content (AvgIpc) is 3.16. The number of aliphatic hydroxyl groups excluding tert-OH is 1. The lowest BCUT2D eigenvalue weighted by atomic mass is 9.98. The Kier molecular flexibility index (Phi) is 8.43. The van der Waals surface area contributed by atoms with Crippen LogP contribution < -0.4 is 16.0 Å². The van der Waals surface area contributed by atoms with Crippen molar-refractivity contribution in [1.82, 2.24) is 16.0 Å². The second-order valence-corrected chi connectivity index (χ2v) is 8.57. The fourth-order valence-electron chi connectivity index (χ4n) is 3.94. The Bertz CT molecular complexity index is 1060. The first kappa shape index (κ1) is 25.7. The number of carbonyl (C=O) groups excluding carboxylic acids is 3. The SMILES string of the molecule is CC(C)[C@H](NC(=O)OCC1c2ccccc2-c2ccccc21)C(=O)NCC(=O)NC[C@H](O)C(=O)O. The number of rotatable bonds is 10. The molecule has 1 aliphatic carbocycles. The molecule has 3 rings (SSSR count). The maximum absolute atomic E-state index is 12.6. The highest BCUT2D eigenvalue weighted by Crippen LogP contribution is 2.44. The highest BCUT2D eigenvalue weighted by Gasteiger charge is 2.30. The van der Waals surface area contributed by atoms with Gasteiger partial charge in [-0.05, 0) is 28.2 Å². The van der Waals surface area contributed by atoms with Crippen molar-refractivity contribution < 1.29 is 34.1 Å². The minimum absolute atomic E-state index is 0.0978. The van der Waals surface area contributed by atoms with Gasteiger partial charge in [0.15, 0.2) is 6.10 Å². The van der Waals surface area contributed by atoms with Crippen LogP contribution in [0.4, 0.5) is 4.79 Å². The van der Waals surface area contributed by atoms with Crippen molar-refractivity contribution in [3.8, 4) is 11.1 Å². The van der Waals surface area contributed by atoms with Gasteiger partial charge >= 0.3 is 12.1 Å². The minimum Gasteiger partial charge on any atom is -0.479 e. The van der Waals surface area contributed by atoms with E-state index in [1.165, 1.54) is 0 Å². The van der Waals surface area contributed by atoms with Gasteiger partial charge in [-0.15, -0.1) is 0 Å². The molecule has 2 aromatic rings. The number of aliphatic hydroxyl groups is 1. The largest absolute Gasteiger partial charge is 0.479 e. The molecule has 0 bridgehead atoms. The van der Waals surface area contributed by atoms with Crippen LogP contribution in [-0.4, -0.2) is 65.9 Å². The summed E-state index contributed by atoms with van der Waals surface area (Å²) in [5.41, 5.74) is 4.34. The fraction of sp³-hybridized carbons (Fsp3) is 0.360. The quantitative estimate of drug-likeness (QED) is 0.340. The van der Waals surface area contributed by atoms with Crippen LogP contribution in [0.25, 0.3) is 11.1 Å². The molecule has 0 unspecified atom stereocenters. The highest BCUT2D eigenvalue weighted by atomic mass is 16.5. The molecule has 10 heteroatoms. The van der Waals surface area contributed by atoms with Crippen LogP contribution in [-0.2, 0) is 19.1 Å². The van der Waals surface area contributed by atoms with E-state index in [2.05, 4.69) is 16.0 Å². The smallest absolute Gasteiger partial charge is 0.407 e. The lowest BCUT2D eigenvalue weighted by molar-refractivity contribution is -0.146. The van der Waals surface area contributed by atoms with Gasteiger partial charge in [-0.2, -0.15) is 0 Å². The van der Waals surface area contributed by atoms with Gasteiger partial charge in [0.25, 0.3) is 0 Å². The van der Waals surface area contributed by atoms with Gasteiger partial charge in [0, 0.05) is 5.92 Å². The van der Waals surface area contributed by atoms with Gasteiger partial charge in [0.2, 0.25) is 11.8 Å². The Morgan fingerprint density at radius 1 is 0.943 bits per heavy atom. The van der Waals surface area contributed by atoms with Gasteiger partial charge in [-0.3, -0.25) is 9.59 Å². The molecule has 0 radical (unpaired) electrons. The van der Waals surface area contributed by atoms with Crippen LogP contribution in [0.5, 0.6) is 0 Å². The number of fused-ring (bicyclic) bond motifs is 3. The molecule has 0 spiro atoms. The fourth-order valence-corrected chi connectivity index (χ4v) is 3.94. The van der Waals surface area contributed by atoms with Crippen molar-refractivity contribution in [2.24, 2.45) is 5.92 Å². The monoisotopic (exact) mass is 483 g/mol. The second-order valence-electron chi connectivity index (χ2n) is 8.57. The zero-order chi connectivity index (χ0) is 25.5. The maximum atomic E-state index is 12.6. The van der Waals surface area contributed by atoms with E-state index in [1.807, 2.05) is 48.5 Å². The van der Waals surface area contributed by atoms with Gasteiger partial charge in [0.1, 0.15) is 12.6 Å². The van der Waals surface area contributed by atoms with Gasteiger partial charge in [-0.25, -0.2) is 9.59 Å². The molecule has 0 aliphatic heterocycles. The Morgan fingerprint density at radius 3 is 2.06 bits per heavy atom. The molecule has 0 fully saturated rings. The van der Waals surface area contributed by atoms with Crippen LogP contribution >= 0.6 is 0 Å². The predicted molar refractivity (Wildman–Crippen MR) is 126 cm³/mol. The van der Waals surface area contributed by atoms with E-state index in [9.17, 15) is 24.3 Å². The molecule has 5 N–H and O–H groups in total. The van der Waals surface area contributed by atoms with Crippen LogP contribution in [0.2, 0.25) is 0 Å². The number of carboxylic acids is 1. The lowest BCUT2D eigenvalue weighted by Gasteiger charge is -2.22. The molecular formula is C25H29N3O7. The van der Waals surface area contributed by atoms with E-state index in [0.29, 0.717) is 0 Å². The first-order valence-corrected chi connectivity index (χ1v) is 11.3. The first-order chi connectivity index (χ1) is 16.7. The van der Waals surface area contributed by atoms with E-state index in [1.54, 1.807) is 13.8 Å². The van der Waals surface area contributed by atoms with Crippen molar-refractivity contribution >= 4 is 23.9 Å². The van der Waals surface area contributed by atoms with E-state index in [-0.39, 0.29) is 18.4 Å². The van der Waals surface area contributed by atoms with Crippen molar-refractivity contribution in [3.05, 3.63) is 59.7 Å². The Balaban J connectivity index is 1.53. The van der Waals surface area contributed by atoms with Gasteiger partial charge in [-0.1, -0.05) is 62.4 Å². The van der Waals surface area contributed by atoms with Gasteiger partial charge < -0.3 is 30.9 Å². The number of aliphatic carboxylic acids is 1. The molecule has 0 aromatic heterocycles. The van der Waals surface area contributed by atoms with Crippen molar-refractivity contribution in [1.29, 1.82) is 0 Å². The van der Waals surface area contributed by atoms with Crippen molar-refractivity contribution in [2.75, 3.05) is 19.7 Å². The summed E-state index contributed by atoms with van der Waals surface area (Å²) in [5, 5.41) is 25.0. The summed E-state index contributed by atoms with van der Waals surface area (Å²) in [4.78, 5) is 47.5. The number of benzene rings is 2. The van der Waals surface area contributed by atoms with Crippen LogP contribution in [0.15, 0.2) is 48.5 Å². The number of nitrogens with one attached hydrogen (secondary N) is 3. The summed E-state index contributed by atoms with van der Waals surface area (Å²) >= 11 is 0. The molecule has 10 nitrogen and oxygen atoms in total. The summed E-state index contributed by atoms with van der Waals surface area (Å²) in [5.74, 6) is -3.16. The molecule has 2 aromatic carbocycles. The number of ether oxygens (including phenoxy) is 1. The zero-order valence-corrected chi connectivity index (χ0v) is 19.5. The predicted octanol–water partition coefficient (Wildman–Crippen LogP) is 1.23. The normalized spacial score (nSPS) is 13.8. The number of amides is 3. The van der Waals surface area contributed by atoms with E-state index in [0.717, 1.165) is 22.3 Å². The molecule has 186 valence electrons. The van der Waals surface area contributed by atoms with E-state index in [4.69, 9.17) is 9.84 Å². The Labute approximate surface area is 202 Å². The van der Waals surface area contributed by atoms with Crippen LogP contribution in [0, 0.1) is 5.92 Å². The van der Waals surface area contributed by atoms with Crippen molar-refractivity contribution in [3.63, 3.8) is 0 Å². The van der Waals surface area contributed by atoms with Gasteiger partial charge in [0.05, 0.1) is 13.1 Å². The minimum atomic E-state index is -1.74. The average molecular weight is 484 g/mol. The topological polar surface area (TPSA) is 154 Å². The molecule has 0 saturated carbocycles. The molecule has 3 amide bonds. The number of carboxylic acid groups (broad SMARTS) is 1. The molecule has 0 saturated heterocycles. The molecular weight excluding hydrogens is 454 g/mol. The molecule has 0 heterocycles. The Morgan fingerprint density at radius 2 is 1.51 bits per heavy atom. The zero-order valence-electron chi connectivity index (χ0n) is 19.5. The van der Waals surface area contributed by atoms with E-state index < -0.39 is 49.1 Å². The van der Waals surface area contributed by atoms with E-state index >= 15 is 0 Å². The third-order valence-corrected chi connectivity index (χ3v) is 5.77. The standard InChI is InChI=1S/C25H29N3O7/c1-14(2)22(23(31)27-12-21(30)26-11-20(29)24(32)33)28-25(34)35-13-19-17-9-5-3-7-15(17)16-8-4-6-10-18(16)19/h3-10,14,19-20,22,29H,11-13H2,1-2H3,(H,26,30)(H,27,31)(H,28,34)(H,32,33)/t20-,22-/m0/s1. The summed E-state index contributed by atoms with van der Waals surface area (Å²) in [6.45, 7) is 2.63. The summed E-state index contributed by atoms with van der Waals surface area (Å²) in [6.07, 6.45) is -2.50. The lowest BCUT2D eigenvalue weighted by Crippen LogP contribution is -2.52. The third kappa shape index (κ3) is 6.36.